The molecule has 2 N–H and O–H groups in total. The molecule has 0 aliphatic heterocycles. The number of hydrogen-bond donors (Lipinski definition) is 2. The highest BCUT2D eigenvalue weighted by molar-refractivity contribution is 5.44. The molecule has 0 unspecified atom stereocenters. The first-order valence-corrected chi connectivity index (χ1v) is 2.82. The quantitative estimate of drug-likeness (QED) is 0.586. The van der Waals surface area contributed by atoms with Crippen LogP contribution in [0.3, 0.4) is 0 Å². The number of nitriles is 1. The van der Waals surface area contributed by atoms with Gasteiger partial charge in [0.05, 0.1) is 0 Å². The van der Waals surface area contributed by atoms with Gasteiger partial charge in [0.1, 0.15) is 5.75 Å². The Bertz CT molecular complexity index is 303. The molecule has 56 valence electrons. The predicted molar refractivity (Wildman–Crippen MR) is 36.0 cm³/mol. The molecular weight excluding hydrogens is 146 g/mol. The van der Waals surface area contributed by atoms with Gasteiger partial charge in [-0.05, 0) is 12.1 Å². The fraction of sp³-hybridized carbons (Fsp3) is 0. The predicted octanol–water partition coefficient (Wildman–Crippen LogP) is 0.958. The van der Waals surface area contributed by atoms with E-state index in [2.05, 4.69) is 4.74 Å². The third-order valence-corrected chi connectivity index (χ3v) is 1.10. The molecule has 0 fully saturated rings. The van der Waals surface area contributed by atoms with Crippen molar-refractivity contribution in [3.8, 4) is 23.5 Å². The Morgan fingerprint density at radius 1 is 1.36 bits per heavy atom. The van der Waals surface area contributed by atoms with Crippen LogP contribution in [0.25, 0.3) is 0 Å². The molecule has 1 aromatic rings. The topological polar surface area (TPSA) is 73.5 Å². The van der Waals surface area contributed by atoms with Crippen molar-refractivity contribution in [3.63, 3.8) is 0 Å². The van der Waals surface area contributed by atoms with Gasteiger partial charge < -0.3 is 14.9 Å². The molecule has 0 radical (unpaired) electrons. The van der Waals surface area contributed by atoms with Gasteiger partial charge in [-0.25, -0.2) is 0 Å². The van der Waals surface area contributed by atoms with E-state index in [9.17, 15) is 0 Å². The number of benzene rings is 1. The monoisotopic (exact) mass is 151 g/mol. The molecule has 0 aliphatic rings. The largest absolute Gasteiger partial charge is 0.508 e. The van der Waals surface area contributed by atoms with Crippen LogP contribution >= 0.6 is 0 Å². The van der Waals surface area contributed by atoms with Gasteiger partial charge in [-0.1, -0.05) is 0 Å². The van der Waals surface area contributed by atoms with E-state index >= 15 is 0 Å². The molecule has 0 spiro atoms. The van der Waals surface area contributed by atoms with E-state index in [0.29, 0.717) is 0 Å². The van der Waals surface area contributed by atoms with E-state index in [1.165, 1.54) is 18.4 Å². The van der Waals surface area contributed by atoms with Crippen LogP contribution in [0.4, 0.5) is 0 Å². The SMILES string of the molecule is N#COc1ccc(O)cc1O. The molecule has 4 nitrogen and oxygen atoms in total. The van der Waals surface area contributed by atoms with Crippen molar-refractivity contribution < 1.29 is 14.9 Å². The zero-order valence-electron chi connectivity index (χ0n) is 5.48. The third kappa shape index (κ3) is 1.52. The lowest BCUT2D eigenvalue weighted by molar-refractivity contribution is 0.411. The average molecular weight is 151 g/mol. The van der Waals surface area contributed by atoms with Gasteiger partial charge in [0.15, 0.2) is 11.5 Å². The van der Waals surface area contributed by atoms with Crippen LogP contribution in [0.2, 0.25) is 0 Å². The molecule has 0 aliphatic carbocycles. The number of nitrogens with zero attached hydrogens (tertiary/aromatic N) is 1. The summed E-state index contributed by atoms with van der Waals surface area (Å²) in [6.07, 6.45) is 1.40. The van der Waals surface area contributed by atoms with Gasteiger partial charge in [-0.15, -0.1) is 5.26 Å². The number of hydrogen-bond acceptors (Lipinski definition) is 4. The van der Waals surface area contributed by atoms with E-state index < -0.39 is 0 Å². The summed E-state index contributed by atoms with van der Waals surface area (Å²) in [6.45, 7) is 0. The number of phenols is 2. The van der Waals surface area contributed by atoms with Crippen LogP contribution in [0.15, 0.2) is 18.2 Å². The number of ether oxygens (including phenoxy) is 1. The molecule has 0 bridgehead atoms. The molecule has 1 rings (SSSR count). The summed E-state index contributed by atoms with van der Waals surface area (Å²) in [5.41, 5.74) is 0. The minimum atomic E-state index is -0.258. The summed E-state index contributed by atoms with van der Waals surface area (Å²) in [5, 5.41) is 25.9. The van der Waals surface area contributed by atoms with Gasteiger partial charge in [0.25, 0.3) is 6.26 Å². The summed E-state index contributed by atoms with van der Waals surface area (Å²) >= 11 is 0. The van der Waals surface area contributed by atoms with Gasteiger partial charge in [-0.3, -0.25) is 0 Å². The smallest absolute Gasteiger partial charge is 0.292 e. The van der Waals surface area contributed by atoms with E-state index in [1.54, 1.807) is 0 Å². The van der Waals surface area contributed by atoms with E-state index in [4.69, 9.17) is 15.5 Å². The Morgan fingerprint density at radius 2 is 2.09 bits per heavy atom. The standard InChI is InChI=1S/C7H5NO3/c8-4-11-7-2-1-5(9)3-6(7)10/h1-3,9-10H. The number of aromatic hydroxyl groups is 2. The molecule has 0 aromatic heterocycles. The molecule has 0 amide bonds. The van der Waals surface area contributed by atoms with Gasteiger partial charge in [0.2, 0.25) is 0 Å². The number of phenolic OH excluding ortho intramolecular Hbond substituents is 2. The maximum absolute atomic E-state index is 8.99. The van der Waals surface area contributed by atoms with Crippen molar-refractivity contribution in [1.29, 1.82) is 5.26 Å². The maximum Gasteiger partial charge on any atom is 0.292 e. The van der Waals surface area contributed by atoms with E-state index in [1.807, 2.05) is 0 Å². The molecule has 4 heteroatoms. The third-order valence-electron chi connectivity index (χ3n) is 1.10. The van der Waals surface area contributed by atoms with Crippen molar-refractivity contribution in [3.05, 3.63) is 18.2 Å². The first-order chi connectivity index (χ1) is 5.24. The summed E-state index contributed by atoms with van der Waals surface area (Å²) in [6, 6.07) is 3.70. The first-order valence-electron chi connectivity index (χ1n) is 2.82. The Kier molecular flexibility index (Phi) is 1.83. The fourth-order valence-corrected chi connectivity index (χ4v) is 0.641. The highest BCUT2D eigenvalue weighted by atomic mass is 16.5. The molecular formula is C7H5NO3. The van der Waals surface area contributed by atoms with E-state index in [-0.39, 0.29) is 17.2 Å². The summed E-state index contributed by atoms with van der Waals surface area (Å²) in [5.74, 6) is -0.301. The second-order valence-electron chi connectivity index (χ2n) is 1.85. The van der Waals surface area contributed by atoms with Gasteiger partial charge in [0, 0.05) is 6.07 Å². The van der Waals surface area contributed by atoms with Crippen molar-refractivity contribution in [2.24, 2.45) is 0 Å². The fourth-order valence-electron chi connectivity index (χ4n) is 0.641. The van der Waals surface area contributed by atoms with Crippen molar-refractivity contribution in [2.75, 3.05) is 0 Å². The van der Waals surface area contributed by atoms with Crippen molar-refractivity contribution in [1.82, 2.24) is 0 Å². The minimum Gasteiger partial charge on any atom is -0.508 e. The lowest BCUT2D eigenvalue weighted by atomic mass is 10.3. The van der Waals surface area contributed by atoms with Crippen LogP contribution < -0.4 is 4.74 Å². The molecule has 0 heterocycles. The Labute approximate surface area is 62.9 Å². The van der Waals surface area contributed by atoms with Crippen LogP contribution in [0.5, 0.6) is 17.2 Å². The molecule has 0 saturated carbocycles. The maximum atomic E-state index is 8.99. The van der Waals surface area contributed by atoms with Crippen LogP contribution in [0, 0.1) is 11.5 Å². The normalized spacial score (nSPS) is 8.64. The second-order valence-corrected chi connectivity index (χ2v) is 1.85. The van der Waals surface area contributed by atoms with Gasteiger partial charge >= 0.3 is 0 Å². The molecule has 0 saturated heterocycles. The first kappa shape index (κ1) is 7.22. The zero-order chi connectivity index (χ0) is 8.27. The second kappa shape index (κ2) is 2.80. The van der Waals surface area contributed by atoms with Gasteiger partial charge in [-0.2, -0.15) is 0 Å². The lowest BCUT2D eigenvalue weighted by Gasteiger charge is -1.98. The zero-order valence-corrected chi connectivity index (χ0v) is 5.48. The minimum absolute atomic E-state index is 0.0327. The Morgan fingerprint density at radius 3 is 2.64 bits per heavy atom. The molecule has 11 heavy (non-hydrogen) atoms. The highest BCUT2D eigenvalue weighted by Gasteiger charge is 2.01. The Balaban J connectivity index is 3.01. The van der Waals surface area contributed by atoms with E-state index in [0.717, 1.165) is 6.07 Å². The summed E-state index contributed by atoms with van der Waals surface area (Å²) in [4.78, 5) is 0. The van der Waals surface area contributed by atoms with Crippen molar-refractivity contribution >= 4 is 0 Å². The Hall–Kier alpha value is -1.89. The van der Waals surface area contributed by atoms with Crippen LogP contribution in [0.1, 0.15) is 0 Å². The summed E-state index contributed by atoms with van der Waals surface area (Å²) in [7, 11) is 0. The van der Waals surface area contributed by atoms with Crippen LogP contribution in [-0.2, 0) is 0 Å². The van der Waals surface area contributed by atoms with Crippen molar-refractivity contribution in [2.45, 2.75) is 0 Å². The van der Waals surface area contributed by atoms with Crippen LogP contribution in [-0.4, -0.2) is 10.2 Å². The lowest BCUT2D eigenvalue weighted by Crippen LogP contribution is -1.81. The molecule has 1 aromatic carbocycles. The average Bonchev–Trinajstić information content (AvgIpc) is 1.95. The highest BCUT2D eigenvalue weighted by Crippen LogP contribution is 2.28. The molecule has 0 atom stereocenters. The summed E-state index contributed by atoms with van der Waals surface area (Å²) < 4.78 is 4.34. The number of rotatable bonds is 1.